The lowest BCUT2D eigenvalue weighted by molar-refractivity contribution is 0.179. The number of hydrogen-bond acceptors (Lipinski definition) is 4. The first-order valence-corrected chi connectivity index (χ1v) is 8.61. The summed E-state index contributed by atoms with van der Waals surface area (Å²) in [6.07, 6.45) is 8.42. The van der Waals surface area contributed by atoms with E-state index in [4.69, 9.17) is 0 Å². The minimum Gasteiger partial charge on any atom is -0.337 e. The van der Waals surface area contributed by atoms with Crippen molar-refractivity contribution in [1.82, 2.24) is 29.1 Å². The van der Waals surface area contributed by atoms with Crippen molar-refractivity contribution in [3.05, 3.63) is 36.7 Å². The number of likely N-dealkylation sites (N-methyl/N-ethyl adjacent to an activating group) is 1. The Morgan fingerprint density at radius 1 is 1.38 bits per heavy atom. The second-order valence-electron chi connectivity index (χ2n) is 6.78. The normalized spacial score (nSPS) is 21.8. The Morgan fingerprint density at radius 2 is 2.25 bits per heavy atom. The highest BCUT2D eigenvalue weighted by Gasteiger charge is 2.32. The summed E-state index contributed by atoms with van der Waals surface area (Å²) in [4.78, 5) is 8.63. The minimum absolute atomic E-state index is 0.271. The number of likely N-dealkylation sites (tertiary alicyclic amines) is 1. The van der Waals surface area contributed by atoms with Crippen LogP contribution in [0.1, 0.15) is 18.5 Å². The van der Waals surface area contributed by atoms with Gasteiger partial charge in [0, 0.05) is 57.9 Å². The van der Waals surface area contributed by atoms with E-state index in [9.17, 15) is 4.39 Å². The van der Waals surface area contributed by atoms with Crippen molar-refractivity contribution in [3.8, 4) is 0 Å². The summed E-state index contributed by atoms with van der Waals surface area (Å²) in [6.45, 7) is 4.18. The number of imidazole rings is 1. The van der Waals surface area contributed by atoms with Gasteiger partial charge in [0.15, 0.2) is 0 Å². The molecule has 0 radical (unpaired) electrons. The van der Waals surface area contributed by atoms with Crippen molar-refractivity contribution in [3.63, 3.8) is 0 Å². The standard InChI is InChI=1S/C17H27FN6/c1-21(7-3-8-23-9-6-19-14-23)12-17-10-15(18)11-24(17)13-16-4-5-20-22(16)2/h4-6,9,14-15,17H,3,7-8,10-13H2,1-2H3/t15-,17-/m0/s1. The van der Waals surface area contributed by atoms with E-state index in [1.54, 1.807) is 12.4 Å². The Labute approximate surface area is 142 Å². The van der Waals surface area contributed by atoms with Crippen molar-refractivity contribution in [2.75, 3.05) is 26.7 Å². The quantitative estimate of drug-likeness (QED) is 0.735. The van der Waals surface area contributed by atoms with Crippen molar-refractivity contribution >= 4 is 0 Å². The third-order valence-corrected chi connectivity index (χ3v) is 4.80. The molecule has 0 aromatic carbocycles. The Hall–Kier alpha value is -1.73. The number of alkyl halides is 1. The maximum atomic E-state index is 13.9. The number of hydrogen-bond donors (Lipinski definition) is 0. The molecule has 3 heterocycles. The average Bonchev–Trinajstić information content (AvgIpc) is 3.24. The molecule has 6 nitrogen and oxygen atoms in total. The molecule has 7 heteroatoms. The summed E-state index contributed by atoms with van der Waals surface area (Å²) >= 11 is 0. The molecule has 2 aromatic heterocycles. The molecule has 1 saturated heterocycles. The molecule has 1 fully saturated rings. The molecule has 0 unspecified atom stereocenters. The van der Waals surface area contributed by atoms with Gasteiger partial charge in [0.2, 0.25) is 0 Å². The van der Waals surface area contributed by atoms with E-state index in [1.165, 1.54) is 0 Å². The summed E-state index contributed by atoms with van der Waals surface area (Å²) < 4.78 is 17.9. The van der Waals surface area contributed by atoms with Gasteiger partial charge in [0.1, 0.15) is 6.17 Å². The van der Waals surface area contributed by atoms with Gasteiger partial charge in [-0.15, -0.1) is 0 Å². The Morgan fingerprint density at radius 3 is 2.96 bits per heavy atom. The smallest absolute Gasteiger partial charge is 0.114 e. The topological polar surface area (TPSA) is 42.1 Å². The predicted octanol–water partition coefficient (Wildman–Crippen LogP) is 1.55. The molecule has 0 bridgehead atoms. The Bertz CT molecular complexity index is 610. The van der Waals surface area contributed by atoms with Crippen LogP contribution in [0, 0.1) is 0 Å². The fourth-order valence-corrected chi connectivity index (χ4v) is 3.46. The zero-order valence-electron chi connectivity index (χ0n) is 14.6. The zero-order chi connectivity index (χ0) is 16.9. The first kappa shape index (κ1) is 17.1. The molecule has 2 atom stereocenters. The van der Waals surface area contributed by atoms with E-state index in [-0.39, 0.29) is 6.04 Å². The lowest BCUT2D eigenvalue weighted by atomic mass is 10.2. The molecule has 1 aliphatic rings. The van der Waals surface area contributed by atoms with E-state index < -0.39 is 6.17 Å². The van der Waals surface area contributed by atoms with Crippen LogP contribution in [-0.4, -0.2) is 68.0 Å². The van der Waals surface area contributed by atoms with Gasteiger partial charge in [0.05, 0.1) is 12.0 Å². The van der Waals surface area contributed by atoms with Gasteiger partial charge < -0.3 is 9.47 Å². The maximum absolute atomic E-state index is 13.9. The monoisotopic (exact) mass is 334 g/mol. The van der Waals surface area contributed by atoms with E-state index >= 15 is 0 Å². The van der Waals surface area contributed by atoms with Gasteiger partial charge >= 0.3 is 0 Å². The number of halogens is 1. The highest BCUT2D eigenvalue weighted by atomic mass is 19.1. The van der Waals surface area contributed by atoms with E-state index in [0.717, 1.165) is 38.3 Å². The van der Waals surface area contributed by atoms with Gasteiger partial charge in [-0.05, 0) is 32.5 Å². The summed E-state index contributed by atoms with van der Waals surface area (Å²) in [5.41, 5.74) is 1.14. The van der Waals surface area contributed by atoms with E-state index in [2.05, 4.69) is 31.5 Å². The number of aromatic nitrogens is 4. The Balaban J connectivity index is 1.47. The zero-order valence-corrected chi connectivity index (χ0v) is 14.6. The van der Waals surface area contributed by atoms with Crippen molar-refractivity contribution < 1.29 is 4.39 Å². The molecule has 0 amide bonds. The molecule has 1 aliphatic heterocycles. The summed E-state index contributed by atoms with van der Waals surface area (Å²) in [5.74, 6) is 0. The Kier molecular flexibility index (Phi) is 5.63. The molecular formula is C17H27FN6. The summed E-state index contributed by atoms with van der Waals surface area (Å²) in [7, 11) is 4.07. The van der Waals surface area contributed by atoms with Crippen molar-refractivity contribution in [1.29, 1.82) is 0 Å². The molecule has 2 aromatic rings. The highest BCUT2D eigenvalue weighted by Crippen LogP contribution is 2.23. The maximum Gasteiger partial charge on any atom is 0.114 e. The number of nitrogens with zero attached hydrogens (tertiary/aromatic N) is 6. The van der Waals surface area contributed by atoms with Crippen LogP contribution in [0.25, 0.3) is 0 Å². The largest absolute Gasteiger partial charge is 0.337 e. The van der Waals surface area contributed by atoms with Crippen LogP contribution in [0.15, 0.2) is 31.0 Å². The van der Waals surface area contributed by atoms with Gasteiger partial charge in [-0.3, -0.25) is 9.58 Å². The first-order chi connectivity index (χ1) is 11.6. The predicted molar refractivity (Wildman–Crippen MR) is 91.3 cm³/mol. The summed E-state index contributed by atoms with van der Waals surface area (Å²) in [5, 5.41) is 4.21. The third-order valence-electron chi connectivity index (χ3n) is 4.80. The van der Waals surface area contributed by atoms with Crippen molar-refractivity contribution in [2.24, 2.45) is 7.05 Å². The van der Waals surface area contributed by atoms with Crippen LogP contribution < -0.4 is 0 Å². The first-order valence-electron chi connectivity index (χ1n) is 8.61. The number of aryl methyl sites for hydroxylation is 2. The second kappa shape index (κ2) is 7.90. The van der Waals surface area contributed by atoms with E-state index in [0.29, 0.717) is 13.0 Å². The van der Waals surface area contributed by atoms with Crippen LogP contribution in [0.4, 0.5) is 4.39 Å². The molecule has 132 valence electrons. The minimum atomic E-state index is -0.720. The molecule has 0 N–H and O–H groups in total. The third kappa shape index (κ3) is 4.42. The second-order valence-corrected chi connectivity index (χ2v) is 6.78. The van der Waals surface area contributed by atoms with Gasteiger partial charge in [-0.25, -0.2) is 9.37 Å². The van der Waals surface area contributed by atoms with Crippen LogP contribution in [-0.2, 0) is 20.1 Å². The lowest BCUT2D eigenvalue weighted by Crippen LogP contribution is -2.39. The lowest BCUT2D eigenvalue weighted by Gasteiger charge is -2.28. The number of rotatable bonds is 8. The molecule has 0 spiro atoms. The molecular weight excluding hydrogens is 307 g/mol. The van der Waals surface area contributed by atoms with Gasteiger partial charge in [-0.1, -0.05) is 0 Å². The van der Waals surface area contributed by atoms with Crippen LogP contribution >= 0.6 is 0 Å². The van der Waals surface area contributed by atoms with Crippen LogP contribution in [0.3, 0.4) is 0 Å². The average molecular weight is 334 g/mol. The fraction of sp³-hybridized carbons (Fsp3) is 0.647. The fourth-order valence-electron chi connectivity index (χ4n) is 3.46. The molecule has 24 heavy (non-hydrogen) atoms. The SMILES string of the molecule is CN(CCCn1ccnc1)C[C@@H]1C[C@H](F)CN1Cc1ccnn1C. The van der Waals surface area contributed by atoms with Crippen LogP contribution in [0.2, 0.25) is 0 Å². The van der Waals surface area contributed by atoms with Gasteiger partial charge in [0.25, 0.3) is 0 Å². The summed E-state index contributed by atoms with van der Waals surface area (Å²) in [6, 6.07) is 2.28. The van der Waals surface area contributed by atoms with Gasteiger partial charge in [-0.2, -0.15) is 5.10 Å². The van der Waals surface area contributed by atoms with E-state index in [1.807, 2.05) is 30.3 Å². The van der Waals surface area contributed by atoms with Crippen molar-refractivity contribution in [2.45, 2.75) is 38.1 Å². The highest BCUT2D eigenvalue weighted by molar-refractivity contribution is 5.02. The molecule has 0 saturated carbocycles. The van der Waals surface area contributed by atoms with Crippen LogP contribution in [0.5, 0.6) is 0 Å². The molecule has 3 rings (SSSR count). The molecule has 0 aliphatic carbocycles.